The topological polar surface area (TPSA) is 47.0 Å². The quantitative estimate of drug-likeness (QED) is 0.797. The predicted molar refractivity (Wildman–Crippen MR) is 88.4 cm³/mol. The average molecular weight is 313 g/mol. The minimum Gasteiger partial charge on any atom is -0.294 e. The van der Waals surface area contributed by atoms with E-state index in [1.165, 1.54) is 0 Å². The molecule has 2 aliphatic rings. The highest BCUT2D eigenvalue weighted by atomic mass is 32.2. The number of aromatic nitrogens is 1. The number of carbonyl (C=O) groups is 1. The summed E-state index contributed by atoms with van der Waals surface area (Å²) in [6, 6.07) is 7.91. The molecule has 0 saturated carbocycles. The smallest absolute Gasteiger partial charge is 0.168 e. The van der Waals surface area contributed by atoms with Gasteiger partial charge in [-0.25, -0.2) is 0 Å². The van der Waals surface area contributed by atoms with Gasteiger partial charge in [-0.05, 0) is 31.1 Å². The van der Waals surface area contributed by atoms with E-state index in [-0.39, 0.29) is 22.2 Å². The number of pyridine rings is 1. The molecule has 0 amide bonds. The van der Waals surface area contributed by atoms with Crippen molar-refractivity contribution in [3.63, 3.8) is 0 Å². The fourth-order valence-corrected chi connectivity index (χ4v) is 6.17. The first-order valence-corrected chi connectivity index (χ1v) is 9.28. The predicted octanol–water partition coefficient (Wildman–Crippen LogP) is 3.50. The molecule has 4 rings (SSSR count). The molecule has 2 atom stereocenters. The number of hydrogen-bond acceptors (Lipinski definition) is 3. The minimum atomic E-state index is -0.725. The van der Waals surface area contributed by atoms with Crippen LogP contribution in [0.5, 0.6) is 0 Å². The summed E-state index contributed by atoms with van der Waals surface area (Å²) in [5.74, 6) is 0.207. The Balaban J connectivity index is 1.68. The van der Waals surface area contributed by atoms with Gasteiger partial charge < -0.3 is 0 Å². The van der Waals surface area contributed by atoms with Gasteiger partial charge in [0, 0.05) is 50.6 Å². The van der Waals surface area contributed by atoms with Crippen molar-refractivity contribution in [1.29, 1.82) is 0 Å². The van der Waals surface area contributed by atoms with Crippen LogP contribution >= 0.6 is 0 Å². The minimum absolute atomic E-state index is 0.0145. The first kappa shape index (κ1) is 14.1. The third-order valence-electron chi connectivity index (χ3n) is 5.11. The number of ketones is 1. The Hall–Kier alpha value is -1.55. The van der Waals surface area contributed by atoms with E-state index in [1.807, 2.05) is 24.3 Å². The SMILES string of the molecule is O=C(c1cncc2ccccc12)C1CC2CCCC(C1)S2=O. The standard InChI is InChI=1S/C18H19NO2S/c20-18(13-8-14-5-3-6-15(9-13)22(14)21)17-11-19-10-12-4-1-2-7-16(12)17/h1-2,4,7,10-11,13-15H,3,5-6,8-9H2. The van der Waals surface area contributed by atoms with Crippen LogP contribution in [0.1, 0.15) is 42.5 Å². The lowest BCUT2D eigenvalue weighted by Crippen LogP contribution is -2.41. The number of Topliss-reactive ketones (excluding diaryl/α,β-unsaturated/α-hetero) is 1. The molecule has 0 N–H and O–H groups in total. The van der Waals surface area contributed by atoms with Crippen molar-refractivity contribution < 1.29 is 9.00 Å². The lowest BCUT2D eigenvalue weighted by Gasteiger charge is -2.37. The van der Waals surface area contributed by atoms with Crippen LogP contribution in [0.15, 0.2) is 36.7 Å². The van der Waals surface area contributed by atoms with Crippen molar-refractivity contribution in [2.24, 2.45) is 5.92 Å². The fraction of sp³-hybridized carbons (Fsp3) is 0.444. The van der Waals surface area contributed by atoms with E-state index < -0.39 is 10.8 Å². The molecule has 2 unspecified atom stereocenters. The highest BCUT2D eigenvalue weighted by molar-refractivity contribution is 7.86. The molecule has 2 saturated heterocycles. The highest BCUT2D eigenvalue weighted by Gasteiger charge is 2.40. The number of fused-ring (bicyclic) bond motifs is 3. The summed E-state index contributed by atoms with van der Waals surface area (Å²) in [5, 5.41) is 2.45. The monoisotopic (exact) mass is 313 g/mol. The van der Waals surface area contributed by atoms with Crippen LogP contribution < -0.4 is 0 Å². The number of carbonyl (C=O) groups excluding carboxylic acids is 1. The van der Waals surface area contributed by atoms with Gasteiger partial charge in [-0.3, -0.25) is 14.0 Å². The largest absolute Gasteiger partial charge is 0.294 e. The highest BCUT2D eigenvalue weighted by Crippen LogP contribution is 2.38. The van der Waals surface area contributed by atoms with Crippen LogP contribution in [0.3, 0.4) is 0 Å². The van der Waals surface area contributed by atoms with E-state index in [9.17, 15) is 9.00 Å². The van der Waals surface area contributed by atoms with Crippen LogP contribution in [0.4, 0.5) is 0 Å². The molecule has 2 aliphatic heterocycles. The number of benzene rings is 1. The van der Waals surface area contributed by atoms with Gasteiger partial charge in [0.05, 0.1) is 0 Å². The Morgan fingerprint density at radius 2 is 1.82 bits per heavy atom. The van der Waals surface area contributed by atoms with Gasteiger partial charge in [0.1, 0.15) is 0 Å². The van der Waals surface area contributed by atoms with Crippen molar-refractivity contribution >= 4 is 27.4 Å². The van der Waals surface area contributed by atoms with Gasteiger partial charge in [-0.15, -0.1) is 0 Å². The lowest BCUT2D eigenvalue weighted by molar-refractivity contribution is 0.0897. The molecule has 2 bridgehead atoms. The maximum atomic E-state index is 13.0. The zero-order chi connectivity index (χ0) is 15.1. The van der Waals surface area contributed by atoms with E-state index >= 15 is 0 Å². The van der Waals surface area contributed by atoms with Crippen LogP contribution in [-0.2, 0) is 10.8 Å². The Labute approximate surface area is 132 Å². The summed E-state index contributed by atoms with van der Waals surface area (Å²) >= 11 is 0. The molecule has 0 aliphatic carbocycles. The van der Waals surface area contributed by atoms with Gasteiger partial charge in [0.25, 0.3) is 0 Å². The molecule has 2 aromatic rings. The third-order valence-corrected chi connectivity index (χ3v) is 7.28. The number of rotatable bonds is 2. The summed E-state index contributed by atoms with van der Waals surface area (Å²) in [7, 11) is -0.725. The van der Waals surface area contributed by atoms with E-state index in [0.717, 1.165) is 48.4 Å². The van der Waals surface area contributed by atoms with Crippen molar-refractivity contribution in [2.45, 2.75) is 42.6 Å². The molecule has 4 heteroatoms. The molecule has 3 nitrogen and oxygen atoms in total. The van der Waals surface area contributed by atoms with E-state index in [4.69, 9.17) is 0 Å². The van der Waals surface area contributed by atoms with Crippen LogP contribution in [0.25, 0.3) is 10.8 Å². The molecule has 0 radical (unpaired) electrons. The van der Waals surface area contributed by atoms with Gasteiger partial charge in [0.2, 0.25) is 0 Å². The normalized spacial score (nSPS) is 31.1. The first-order chi connectivity index (χ1) is 10.7. The zero-order valence-corrected chi connectivity index (χ0v) is 13.2. The Morgan fingerprint density at radius 3 is 2.59 bits per heavy atom. The maximum Gasteiger partial charge on any atom is 0.168 e. The van der Waals surface area contributed by atoms with Crippen LogP contribution in [0, 0.1) is 5.92 Å². The van der Waals surface area contributed by atoms with Crippen molar-refractivity contribution in [3.8, 4) is 0 Å². The van der Waals surface area contributed by atoms with Gasteiger partial charge in [0.15, 0.2) is 5.78 Å². The fourth-order valence-electron chi connectivity index (χ4n) is 3.98. The second-order valence-electron chi connectivity index (χ2n) is 6.44. The number of hydrogen-bond donors (Lipinski definition) is 0. The molecule has 1 aromatic heterocycles. The van der Waals surface area contributed by atoms with Crippen molar-refractivity contribution in [1.82, 2.24) is 4.98 Å². The second-order valence-corrected chi connectivity index (χ2v) is 8.43. The molecule has 22 heavy (non-hydrogen) atoms. The summed E-state index contributed by atoms with van der Waals surface area (Å²) < 4.78 is 12.3. The zero-order valence-electron chi connectivity index (χ0n) is 12.4. The molecule has 1 aromatic carbocycles. The summed E-state index contributed by atoms with van der Waals surface area (Å²) in [5.41, 5.74) is 0.730. The maximum absolute atomic E-state index is 13.0. The summed E-state index contributed by atoms with van der Waals surface area (Å²) in [4.78, 5) is 17.2. The summed E-state index contributed by atoms with van der Waals surface area (Å²) in [6.07, 6.45) is 8.26. The van der Waals surface area contributed by atoms with Crippen molar-refractivity contribution in [2.75, 3.05) is 0 Å². The van der Waals surface area contributed by atoms with Gasteiger partial charge in [-0.2, -0.15) is 0 Å². The molecular weight excluding hydrogens is 294 g/mol. The molecule has 3 heterocycles. The van der Waals surface area contributed by atoms with Crippen LogP contribution in [-0.4, -0.2) is 25.5 Å². The van der Waals surface area contributed by atoms with E-state index in [0.29, 0.717) is 0 Å². The van der Waals surface area contributed by atoms with E-state index in [1.54, 1.807) is 12.4 Å². The third kappa shape index (κ3) is 2.30. The van der Waals surface area contributed by atoms with Crippen LogP contribution in [0.2, 0.25) is 0 Å². The van der Waals surface area contributed by atoms with E-state index in [2.05, 4.69) is 4.98 Å². The van der Waals surface area contributed by atoms with Gasteiger partial charge in [-0.1, -0.05) is 30.7 Å². The Bertz CT molecular complexity index is 736. The molecule has 2 fully saturated rings. The first-order valence-electron chi connectivity index (χ1n) is 8.00. The summed E-state index contributed by atoms with van der Waals surface area (Å²) in [6.45, 7) is 0. The second kappa shape index (κ2) is 5.58. The molecular formula is C18H19NO2S. The Morgan fingerprint density at radius 1 is 1.09 bits per heavy atom. The Kier molecular flexibility index (Phi) is 3.57. The molecule has 114 valence electrons. The van der Waals surface area contributed by atoms with Crippen molar-refractivity contribution in [3.05, 3.63) is 42.2 Å². The average Bonchev–Trinajstić information content (AvgIpc) is 2.53. The lowest BCUT2D eigenvalue weighted by atomic mass is 9.84. The van der Waals surface area contributed by atoms with Gasteiger partial charge >= 0.3 is 0 Å². The molecule has 0 spiro atoms. The number of nitrogens with zero attached hydrogens (tertiary/aromatic N) is 1.